The lowest BCUT2D eigenvalue weighted by Gasteiger charge is -2.24. The van der Waals surface area contributed by atoms with Gasteiger partial charge in [-0.3, -0.25) is 0 Å². The molecule has 0 aliphatic carbocycles. The zero-order valence-corrected chi connectivity index (χ0v) is 6.46. The first kappa shape index (κ1) is 9.44. The van der Waals surface area contributed by atoms with Gasteiger partial charge in [-0.2, -0.15) is 0 Å². The second-order valence-corrected chi connectivity index (χ2v) is 2.53. The molecular formula is C8H14O2. The summed E-state index contributed by atoms with van der Waals surface area (Å²) in [7, 11) is 0. The molecule has 0 rings (SSSR count). The van der Waals surface area contributed by atoms with Gasteiger partial charge in [0.25, 0.3) is 0 Å². The lowest BCUT2D eigenvalue weighted by molar-refractivity contribution is -0.0398. The highest BCUT2D eigenvalue weighted by Gasteiger charge is 2.25. The molecule has 0 radical (unpaired) electrons. The normalized spacial score (nSPS) is 18.8. The van der Waals surface area contributed by atoms with Gasteiger partial charge in [-0.15, -0.1) is 5.73 Å². The Labute approximate surface area is 61.5 Å². The third-order valence-corrected chi connectivity index (χ3v) is 1.63. The Hall–Kier alpha value is -0.560. The van der Waals surface area contributed by atoms with Crippen molar-refractivity contribution in [3.63, 3.8) is 0 Å². The molecule has 0 aliphatic rings. The van der Waals surface area contributed by atoms with E-state index in [1.165, 1.54) is 6.08 Å². The summed E-state index contributed by atoms with van der Waals surface area (Å²) in [5.74, 6) is 0. The van der Waals surface area contributed by atoms with Gasteiger partial charge >= 0.3 is 0 Å². The number of hydrogen-bond acceptors (Lipinski definition) is 2. The van der Waals surface area contributed by atoms with Crippen molar-refractivity contribution in [3.05, 3.63) is 18.4 Å². The second kappa shape index (κ2) is 3.57. The van der Waals surface area contributed by atoms with Crippen LogP contribution < -0.4 is 0 Å². The topological polar surface area (TPSA) is 40.5 Å². The van der Waals surface area contributed by atoms with Crippen LogP contribution in [0.3, 0.4) is 0 Å². The average Bonchev–Trinajstić information content (AvgIpc) is 1.89. The quantitative estimate of drug-likeness (QED) is 0.573. The molecule has 0 saturated heterocycles. The summed E-state index contributed by atoms with van der Waals surface area (Å²) in [6.45, 7) is 6.68. The smallest absolute Gasteiger partial charge is 0.108 e. The number of hydrogen-bond donors (Lipinski definition) is 2. The van der Waals surface area contributed by atoms with E-state index in [-0.39, 0.29) is 0 Å². The standard InChI is InChI=1S/C8H14O2/c1-4-6-7(9)8(3,10)5-2/h6-7,9-10H,1,5H2,2-3H3. The Morgan fingerprint density at radius 2 is 2.30 bits per heavy atom. The van der Waals surface area contributed by atoms with Crippen molar-refractivity contribution in [1.29, 1.82) is 0 Å². The van der Waals surface area contributed by atoms with Gasteiger partial charge in [0.05, 0.1) is 5.60 Å². The summed E-state index contributed by atoms with van der Waals surface area (Å²) in [6.07, 6.45) is 0.991. The van der Waals surface area contributed by atoms with Crippen molar-refractivity contribution < 1.29 is 10.2 Å². The molecule has 0 heterocycles. The van der Waals surface area contributed by atoms with Gasteiger partial charge in [0, 0.05) is 0 Å². The molecule has 0 saturated carbocycles. The number of aliphatic hydroxyl groups excluding tert-OH is 1. The van der Waals surface area contributed by atoms with Gasteiger partial charge in [0.2, 0.25) is 0 Å². The van der Waals surface area contributed by atoms with Crippen molar-refractivity contribution in [2.75, 3.05) is 0 Å². The van der Waals surface area contributed by atoms with Gasteiger partial charge < -0.3 is 10.2 Å². The van der Waals surface area contributed by atoms with Gasteiger partial charge in [-0.1, -0.05) is 13.5 Å². The Balaban J connectivity index is 4.16. The van der Waals surface area contributed by atoms with E-state index in [1.807, 2.05) is 0 Å². The molecule has 2 nitrogen and oxygen atoms in total. The molecule has 0 aliphatic heterocycles. The van der Waals surface area contributed by atoms with Crippen LogP contribution in [0.5, 0.6) is 0 Å². The number of aliphatic hydroxyl groups is 2. The van der Waals surface area contributed by atoms with Crippen LogP contribution in [0.1, 0.15) is 20.3 Å². The molecule has 0 fully saturated rings. The first-order valence-corrected chi connectivity index (χ1v) is 3.31. The lowest BCUT2D eigenvalue weighted by atomic mass is 9.96. The predicted octanol–water partition coefficient (Wildman–Crippen LogP) is 0.849. The molecule has 10 heavy (non-hydrogen) atoms. The fourth-order valence-corrected chi connectivity index (χ4v) is 0.500. The summed E-state index contributed by atoms with van der Waals surface area (Å²) in [6, 6.07) is 0. The Morgan fingerprint density at radius 1 is 1.80 bits per heavy atom. The molecular weight excluding hydrogens is 128 g/mol. The molecule has 0 aromatic heterocycles. The Bertz CT molecular complexity index is 143. The van der Waals surface area contributed by atoms with E-state index < -0.39 is 11.7 Å². The Kier molecular flexibility index (Phi) is 3.37. The first-order chi connectivity index (χ1) is 4.54. The van der Waals surface area contributed by atoms with E-state index in [0.717, 1.165) is 0 Å². The zero-order valence-electron chi connectivity index (χ0n) is 6.46. The Morgan fingerprint density at radius 3 is 2.60 bits per heavy atom. The molecule has 0 aromatic carbocycles. The van der Waals surface area contributed by atoms with E-state index >= 15 is 0 Å². The summed E-state index contributed by atoms with van der Waals surface area (Å²) in [5, 5.41) is 18.5. The fraction of sp³-hybridized carbons (Fsp3) is 0.625. The first-order valence-electron chi connectivity index (χ1n) is 3.31. The summed E-state index contributed by atoms with van der Waals surface area (Å²) >= 11 is 0. The van der Waals surface area contributed by atoms with E-state index in [1.54, 1.807) is 13.8 Å². The van der Waals surface area contributed by atoms with Crippen LogP contribution >= 0.6 is 0 Å². The molecule has 0 bridgehead atoms. The summed E-state index contributed by atoms with van der Waals surface area (Å²) in [5.41, 5.74) is 1.37. The molecule has 2 N–H and O–H groups in total. The molecule has 0 aromatic rings. The van der Waals surface area contributed by atoms with Gasteiger partial charge in [-0.05, 0) is 19.4 Å². The van der Waals surface area contributed by atoms with Crippen LogP contribution in [0.25, 0.3) is 0 Å². The van der Waals surface area contributed by atoms with Crippen molar-refractivity contribution in [2.24, 2.45) is 0 Å². The van der Waals surface area contributed by atoms with Crippen molar-refractivity contribution in [3.8, 4) is 0 Å². The van der Waals surface area contributed by atoms with E-state index in [9.17, 15) is 5.11 Å². The predicted molar refractivity (Wildman–Crippen MR) is 40.6 cm³/mol. The van der Waals surface area contributed by atoms with Crippen LogP contribution in [0, 0.1) is 0 Å². The van der Waals surface area contributed by atoms with Gasteiger partial charge in [-0.25, -0.2) is 0 Å². The monoisotopic (exact) mass is 142 g/mol. The number of rotatable bonds is 3. The van der Waals surface area contributed by atoms with Crippen LogP contribution in [0.15, 0.2) is 18.4 Å². The maximum absolute atomic E-state index is 9.37. The second-order valence-electron chi connectivity index (χ2n) is 2.53. The van der Waals surface area contributed by atoms with Crippen LogP contribution in [-0.2, 0) is 0 Å². The van der Waals surface area contributed by atoms with Crippen LogP contribution in [-0.4, -0.2) is 21.9 Å². The van der Waals surface area contributed by atoms with E-state index in [0.29, 0.717) is 6.42 Å². The largest absolute Gasteiger partial charge is 0.387 e. The average molecular weight is 142 g/mol. The third kappa shape index (κ3) is 2.36. The minimum absolute atomic E-state index is 0.506. The maximum Gasteiger partial charge on any atom is 0.108 e. The van der Waals surface area contributed by atoms with Crippen molar-refractivity contribution in [2.45, 2.75) is 32.0 Å². The van der Waals surface area contributed by atoms with Crippen molar-refractivity contribution in [1.82, 2.24) is 0 Å². The molecule has 2 heteroatoms. The molecule has 58 valence electrons. The lowest BCUT2D eigenvalue weighted by Crippen LogP contribution is -2.36. The van der Waals surface area contributed by atoms with E-state index in [2.05, 4.69) is 12.3 Å². The molecule has 2 atom stereocenters. The van der Waals surface area contributed by atoms with Gasteiger partial charge in [0.15, 0.2) is 0 Å². The van der Waals surface area contributed by atoms with Gasteiger partial charge in [0.1, 0.15) is 6.10 Å². The molecule has 0 amide bonds. The highest BCUT2D eigenvalue weighted by atomic mass is 16.3. The van der Waals surface area contributed by atoms with Crippen LogP contribution in [0.2, 0.25) is 0 Å². The van der Waals surface area contributed by atoms with E-state index in [4.69, 9.17) is 5.11 Å². The van der Waals surface area contributed by atoms with Crippen LogP contribution in [0.4, 0.5) is 0 Å². The minimum atomic E-state index is -1.05. The highest BCUT2D eigenvalue weighted by Crippen LogP contribution is 2.14. The molecule has 2 unspecified atom stereocenters. The zero-order chi connectivity index (χ0) is 8.20. The third-order valence-electron chi connectivity index (χ3n) is 1.63. The minimum Gasteiger partial charge on any atom is -0.387 e. The molecule has 0 spiro atoms. The summed E-state index contributed by atoms with van der Waals surface area (Å²) < 4.78 is 0. The summed E-state index contributed by atoms with van der Waals surface area (Å²) in [4.78, 5) is 0. The fourth-order valence-electron chi connectivity index (χ4n) is 0.500. The SMILES string of the molecule is C=C=CC(O)C(C)(O)CC. The van der Waals surface area contributed by atoms with Crippen molar-refractivity contribution >= 4 is 0 Å². The maximum atomic E-state index is 9.37. The highest BCUT2D eigenvalue weighted by molar-refractivity contribution is 4.95.